The van der Waals surface area contributed by atoms with Gasteiger partial charge in [0.1, 0.15) is 0 Å². The lowest BCUT2D eigenvalue weighted by atomic mass is 9.84. The number of nitrogens with zero attached hydrogens (tertiary/aromatic N) is 1. The molecular weight excluding hydrogens is 395 g/mol. The van der Waals surface area contributed by atoms with Gasteiger partial charge in [0.25, 0.3) is 11.6 Å². The molecule has 2 aliphatic rings. The maximum Gasteiger partial charge on any atom is 0.270 e. The van der Waals surface area contributed by atoms with E-state index in [2.05, 4.69) is 12.2 Å². The third-order valence-electron chi connectivity index (χ3n) is 5.20. The number of halogens is 1. The second kappa shape index (κ2) is 6.14. The summed E-state index contributed by atoms with van der Waals surface area (Å²) in [5.74, 6) is 2.07. The molecule has 2 saturated carbocycles. The quantitative estimate of drug-likeness (QED) is 0.464. The van der Waals surface area contributed by atoms with Crippen molar-refractivity contribution < 1.29 is 9.72 Å². The van der Waals surface area contributed by atoms with E-state index < -0.39 is 4.92 Å². The summed E-state index contributed by atoms with van der Waals surface area (Å²) in [6.45, 7) is 2.08. The summed E-state index contributed by atoms with van der Waals surface area (Å²) < 4.78 is 0.615. The van der Waals surface area contributed by atoms with Gasteiger partial charge in [-0.3, -0.25) is 14.9 Å². The van der Waals surface area contributed by atoms with Crippen molar-refractivity contribution in [3.05, 3.63) is 37.4 Å². The number of hydrogen-bond acceptors (Lipinski definition) is 3. The van der Waals surface area contributed by atoms with Crippen molar-refractivity contribution in [1.82, 2.24) is 5.32 Å². The number of rotatable bonds is 4. The van der Waals surface area contributed by atoms with Crippen molar-refractivity contribution in [2.75, 3.05) is 0 Å². The zero-order chi connectivity index (χ0) is 15.9. The minimum atomic E-state index is -0.443. The van der Waals surface area contributed by atoms with Gasteiger partial charge in [0.05, 0.1) is 10.5 Å². The molecule has 3 rings (SSSR count). The molecule has 0 aromatic heterocycles. The zero-order valence-electron chi connectivity index (χ0n) is 12.4. The first kappa shape index (κ1) is 15.7. The van der Waals surface area contributed by atoms with E-state index in [1.165, 1.54) is 37.8 Å². The Morgan fingerprint density at radius 2 is 2.18 bits per heavy atom. The Labute approximate surface area is 143 Å². The standard InChI is InChI=1S/C16H19IN2O3/c1-9(14-7-10-2-3-11(14)6-10)18-16(20)13-5-4-12(19(21)22)8-15(13)17/h4-5,8-11,14H,2-3,6-7H2,1H3,(H,18,20). The van der Waals surface area contributed by atoms with Crippen LogP contribution in [-0.2, 0) is 0 Å². The van der Waals surface area contributed by atoms with E-state index in [-0.39, 0.29) is 17.6 Å². The predicted octanol–water partition coefficient (Wildman–Crippen LogP) is 3.75. The summed E-state index contributed by atoms with van der Waals surface area (Å²) in [4.78, 5) is 22.8. The van der Waals surface area contributed by atoms with Gasteiger partial charge in [0.15, 0.2) is 0 Å². The molecule has 0 spiro atoms. The zero-order valence-corrected chi connectivity index (χ0v) is 14.6. The molecule has 0 heterocycles. The van der Waals surface area contributed by atoms with E-state index in [1.807, 2.05) is 22.6 Å². The molecule has 118 valence electrons. The molecule has 2 bridgehead atoms. The third kappa shape index (κ3) is 2.98. The van der Waals surface area contributed by atoms with Crippen LogP contribution in [0, 0.1) is 31.4 Å². The first-order valence-electron chi connectivity index (χ1n) is 7.70. The molecule has 2 aliphatic carbocycles. The summed E-state index contributed by atoms with van der Waals surface area (Å²) in [6, 6.07) is 4.54. The Morgan fingerprint density at radius 3 is 2.73 bits per heavy atom. The molecule has 0 radical (unpaired) electrons. The van der Waals surface area contributed by atoms with E-state index in [0.29, 0.717) is 15.1 Å². The number of fused-ring (bicyclic) bond motifs is 2. The van der Waals surface area contributed by atoms with E-state index in [0.717, 1.165) is 11.8 Å². The van der Waals surface area contributed by atoms with Gasteiger partial charge in [0.2, 0.25) is 0 Å². The molecule has 1 aromatic carbocycles. The Hall–Kier alpha value is -1.18. The van der Waals surface area contributed by atoms with Crippen LogP contribution in [0.25, 0.3) is 0 Å². The van der Waals surface area contributed by atoms with Crippen molar-refractivity contribution in [2.45, 2.75) is 38.6 Å². The fraction of sp³-hybridized carbons (Fsp3) is 0.562. The normalized spacial score (nSPS) is 27.6. The van der Waals surface area contributed by atoms with Crippen LogP contribution in [0.3, 0.4) is 0 Å². The lowest BCUT2D eigenvalue weighted by Gasteiger charge is -2.28. The minimum Gasteiger partial charge on any atom is -0.349 e. The van der Waals surface area contributed by atoms with Crippen LogP contribution in [0.2, 0.25) is 0 Å². The van der Waals surface area contributed by atoms with Crippen LogP contribution >= 0.6 is 22.6 Å². The molecule has 1 amide bonds. The van der Waals surface area contributed by atoms with Gasteiger partial charge in [-0.25, -0.2) is 0 Å². The van der Waals surface area contributed by atoms with Crippen LogP contribution in [0.5, 0.6) is 0 Å². The number of amides is 1. The topological polar surface area (TPSA) is 72.2 Å². The molecular formula is C16H19IN2O3. The number of carbonyl (C=O) groups is 1. The maximum atomic E-state index is 12.4. The highest BCUT2D eigenvalue weighted by molar-refractivity contribution is 14.1. The van der Waals surface area contributed by atoms with Crippen molar-refractivity contribution >= 4 is 34.2 Å². The Balaban J connectivity index is 1.68. The van der Waals surface area contributed by atoms with Crippen molar-refractivity contribution in [3.63, 3.8) is 0 Å². The third-order valence-corrected chi connectivity index (χ3v) is 6.09. The Bertz CT molecular complexity index is 619. The highest BCUT2D eigenvalue weighted by Crippen LogP contribution is 2.49. The van der Waals surface area contributed by atoms with Crippen LogP contribution in [0.4, 0.5) is 5.69 Å². The molecule has 4 atom stereocenters. The Kier molecular flexibility index (Phi) is 4.38. The second-order valence-corrected chi connectivity index (χ2v) is 7.68. The fourth-order valence-corrected chi connectivity index (χ4v) is 4.84. The summed E-state index contributed by atoms with van der Waals surface area (Å²) >= 11 is 1.98. The number of non-ortho nitro benzene ring substituents is 1. The van der Waals surface area contributed by atoms with Crippen LogP contribution in [0.15, 0.2) is 18.2 Å². The molecule has 0 saturated heterocycles. The minimum absolute atomic E-state index is 0.0158. The van der Waals surface area contributed by atoms with Crippen LogP contribution in [-0.4, -0.2) is 16.9 Å². The summed E-state index contributed by atoms with van der Waals surface area (Å²) in [7, 11) is 0. The fourth-order valence-electron chi connectivity index (χ4n) is 4.10. The smallest absolute Gasteiger partial charge is 0.270 e. The SMILES string of the molecule is CC(NC(=O)c1ccc([N+](=O)[O-])cc1I)C1CC2CCC1C2. The molecule has 0 aliphatic heterocycles. The molecule has 4 unspecified atom stereocenters. The summed E-state index contributed by atoms with van der Waals surface area (Å²) in [6.07, 6.45) is 5.19. The van der Waals surface area contributed by atoms with Gasteiger partial charge in [0, 0.05) is 21.7 Å². The number of benzene rings is 1. The number of nitro benzene ring substituents is 1. The van der Waals surface area contributed by atoms with Crippen LogP contribution in [0.1, 0.15) is 43.0 Å². The van der Waals surface area contributed by atoms with Gasteiger partial charge in [-0.2, -0.15) is 0 Å². The average molecular weight is 414 g/mol. The number of hydrogen-bond donors (Lipinski definition) is 1. The van der Waals surface area contributed by atoms with Gasteiger partial charge in [-0.1, -0.05) is 6.42 Å². The van der Waals surface area contributed by atoms with Crippen molar-refractivity contribution in [1.29, 1.82) is 0 Å². The number of nitrogens with one attached hydrogen (secondary N) is 1. The Morgan fingerprint density at radius 1 is 1.41 bits per heavy atom. The molecule has 2 fully saturated rings. The first-order valence-corrected chi connectivity index (χ1v) is 8.78. The lowest BCUT2D eigenvalue weighted by molar-refractivity contribution is -0.384. The van der Waals surface area contributed by atoms with E-state index in [9.17, 15) is 14.9 Å². The van der Waals surface area contributed by atoms with E-state index in [4.69, 9.17) is 0 Å². The van der Waals surface area contributed by atoms with Gasteiger partial charge >= 0.3 is 0 Å². The van der Waals surface area contributed by atoms with Gasteiger partial charge in [-0.15, -0.1) is 0 Å². The maximum absolute atomic E-state index is 12.4. The van der Waals surface area contributed by atoms with E-state index in [1.54, 1.807) is 6.07 Å². The monoisotopic (exact) mass is 414 g/mol. The van der Waals surface area contributed by atoms with Crippen molar-refractivity contribution in [3.8, 4) is 0 Å². The highest BCUT2D eigenvalue weighted by Gasteiger charge is 2.42. The average Bonchev–Trinajstić information content (AvgIpc) is 3.09. The summed E-state index contributed by atoms with van der Waals surface area (Å²) in [5, 5.41) is 13.9. The van der Waals surface area contributed by atoms with Gasteiger partial charge in [-0.05, 0) is 72.6 Å². The number of nitro groups is 1. The highest BCUT2D eigenvalue weighted by atomic mass is 127. The molecule has 5 nitrogen and oxygen atoms in total. The molecule has 1 N–H and O–H groups in total. The van der Waals surface area contributed by atoms with Crippen molar-refractivity contribution in [2.24, 2.45) is 17.8 Å². The second-order valence-electron chi connectivity index (χ2n) is 6.52. The largest absolute Gasteiger partial charge is 0.349 e. The lowest BCUT2D eigenvalue weighted by Crippen LogP contribution is -2.40. The van der Waals surface area contributed by atoms with Crippen LogP contribution < -0.4 is 5.32 Å². The first-order chi connectivity index (χ1) is 10.5. The van der Waals surface area contributed by atoms with Gasteiger partial charge < -0.3 is 5.32 Å². The predicted molar refractivity (Wildman–Crippen MR) is 91.7 cm³/mol. The van der Waals surface area contributed by atoms with E-state index >= 15 is 0 Å². The molecule has 1 aromatic rings. The molecule has 22 heavy (non-hydrogen) atoms. The molecule has 6 heteroatoms. The summed E-state index contributed by atoms with van der Waals surface area (Å²) in [5.41, 5.74) is 0.531. The number of carbonyl (C=O) groups excluding carboxylic acids is 1.